The summed E-state index contributed by atoms with van der Waals surface area (Å²) < 4.78 is 13.1. The average molecular weight is 339 g/mol. The van der Waals surface area contributed by atoms with Gasteiger partial charge in [-0.1, -0.05) is 12.1 Å². The molecule has 4 nitrogen and oxygen atoms in total. The highest BCUT2D eigenvalue weighted by molar-refractivity contribution is 7.13. The summed E-state index contributed by atoms with van der Waals surface area (Å²) in [6.07, 6.45) is -0.321. The number of para-hydroxylation sites is 1. The number of halogens is 1. The predicted octanol–water partition coefficient (Wildman–Crippen LogP) is 3.83. The number of anilines is 1. The second kappa shape index (κ2) is 5.72. The number of carbonyl (C=O) groups excluding carboxylic acids is 1. The lowest BCUT2D eigenvalue weighted by molar-refractivity contribution is 0.0927. The Hall–Kier alpha value is -2.73. The largest absolute Gasteiger partial charge is 0.349 e. The quantitative estimate of drug-likeness (QED) is 0.772. The third kappa shape index (κ3) is 2.45. The maximum atomic E-state index is 13.1. The first-order valence-corrected chi connectivity index (χ1v) is 8.35. The maximum absolute atomic E-state index is 13.1. The molecule has 120 valence electrons. The highest BCUT2D eigenvalue weighted by Gasteiger charge is 2.30. The van der Waals surface area contributed by atoms with Gasteiger partial charge >= 0.3 is 0 Å². The zero-order valence-electron chi connectivity index (χ0n) is 12.9. The van der Waals surface area contributed by atoms with Crippen LogP contribution in [0.2, 0.25) is 0 Å². The number of hydrogen-bond donors (Lipinski definition) is 1. The molecule has 6 heteroatoms. The molecule has 0 aliphatic carbocycles. The van der Waals surface area contributed by atoms with E-state index in [4.69, 9.17) is 0 Å². The van der Waals surface area contributed by atoms with Gasteiger partial charge in [0.2, 0.25) is 0 Å². The number of carbonyl (C=O) groups is 1. The van der Waals surface area contributed by atoms with Gasteiger partial charge in [0.25, 0.3) is 5.91 Å². The lowest BCUT2D eigenvalue weighted by Crippen LogP contribution is -2.44. The van der Waals surface area contributed by atoms with Gasteiger partial charge in [-0.2, -0.15) is 0 Å². The van der Waals surface area contributed by atoms with Crippen LogP contribution >= 0.6 is 11.3 Å². The first-order valence-electron chi connectivity index (χ1n) is 7.47. The van der Waals surface area contributed by atoms with Gasteiger partial charge in [-0.15, -0.1) is 11.3 Å². The number of amides is 1. The van der Waals surface area contributed by atoms with E-state index < -0.39 is 0 Å². The molecule has 2 aromatic carbocycles. The Morgan fingerprint density at radius 1 is 1.17 bits per heavy atom. The van der Waals surface area contributed by atoms with E-state index in [1.54, 1.807) is 12.1 Å². The van der Waals surface area contributed by atoms with Gasteiger partial charge in [-0.05, 0) is 36.4 Å². The van der Waals surface area contributed by atoms with Crippen LogP contribution < -0.4 is 10.2 Å². The van der Waals surface area contributed by atoms with Gasteiger partial charge in [0.15, 0.2) is 0 Å². The monoisotopic (exact) mass is 339 g/mol. The van der Waals surface area contributed by atoms with Gasteiger partial charge in [0, 0.05) is 18.0 Å². The topological polar surface area (TPSA) is 45.2 Å². The number of benzene rings is 2. The van der Waals surface area contributed by atoms with Crippen molar-refractivity contribution in [2.75, 3.05) is 11.9 Å². The summed E-state index contributed by atoms with van der Waals surface area (Å²) in [5.74, 6) is -0.378. The summed E-state index contributed by atoms with van der Waals surface area (Å²) in [4.78, 5) is 19.0. The first kappa shape index (κ1) is 14.8. The lowest BCUT2D eigenvalue weighted by atomic mass is 10.1. The third-order valence-electron chi connectivity index (χ3n) is 4.08. The van der Waals surface area contributed by atoms with Crippen LogP contribution in [-0.2, 0) is 0 Å². The SMILES string of the molecule is CN1c2ccccc2C(=O)N[C@H]1c1csc(-c2ccc(F)cc2)n1. The minimum Gasteiger partial charge on any atom is -0.349 e. The summed E-state index contributed by atoms with van der Waals surface area (Å²) in [7, 11) is 1.93. The van der Waals surface area contributed by atoms with Gasteiger partial charge in [0.05, 0.1) is 16.9 Å². The van der Waals surface area contributed by atoms with E-state index in [0.717, 1.165) is 22.0 Å². The standard InChI is InChI=1S/C18H14FN3OS/c1-22-15-5-3-2-4-13(15)17(23)21-16(22)14-10-24-18(20-14)11-6-8-12(19)9-7-11/h2-10,16H,1H3,(H,21,23)/t16-/m1/s1. The summed E-state index contributed by atoms with van der Waals surface area (Å²) >= 11 is 1.48. The molecule has 1 aliphatic rings. The molecule has 24 heavy (non-hydrogen) atoms. The Balaban J connectivity index is 1.68. The molecule has 3 aromatic rings. The fraction of sp³-hybridized carbons (Fsp3) is 0.111. The van der Waals surface area contributed by atoms with Crippen molar-refractivity contribution in [3.05, 3.63) is 71.0 Å². The van der Waals surface area contributed by atoms with Crippen LogP contribution in [0.1, 0.15) is 22.2 Å². The number of rotatable bonds is 2. The minimum atomic E-state index is -0.321. The van der Waals surface area contributed by atoms with Crippen LogP contribution in [0.4, 0.5) is 10.1 Å². The van der Waals surface area contributed by atoms with Crippen molar-refractivity contribution in [2.45, 2.75) is 6.17 Å². The Morgan fingerprint density at radius 3 is 2.71 bits per heavy atom. The second-order valence-electron chi connectivity index (χ2n) is 5.59. The number of nitrogens with zero attached hydrogens (tertiary/aromatic N) is 2. The summed E-state index contributed by atoms with van der Waals surface area (Å²) in [5, 5.41) is 5.71. The summed E-state index contributed by atoms with van der Waals surface area (Å²) in [5.41, 5.74) is 3.16. The van der Waals surface area contributed by atoms with Crippen LogP contribution in [0.5, 0.6) is 0 Å². The van der Waals surface area contributed by atoms with Gasteiger partial charge in [0.1, 0.15) is 17.0 Å². The van der Waals surface area contributed by atoms with Crippen molar-refractivity contribution in [3.63, 3.8) is 0 Å². The van der Waals surface area contributed by atoms with Crippen molar-refractivity contribution in [1.82, 2.24) is 10.3 Å². The van der Waals surface area contributed by atoms with Crippen molar-refractivity contribution < 1.29 is 9.18 Å². The maximum Gasteiger partial charge on any atom is 0.255 e. The lowest BCUT2D eigenvalue weighted by Gasteiger charge is -2.35. The van der Waals surface area contributed by atoms with Crippen LogP contribution in [0.25, 0.3) is 10.6 Å². The Labute approximate surface area is 142 Å². The van der Waals surface area contributed by atoms with E-state index in [9.17, 15) is 9.18 Å². The predicted molar refractivity (Wildman–Crippen MR) is 92.6 cm³/mol. The fourth-order valence-electron chi connectivity index (χ4n) is 2.82. The highest BCUT2D eigenvalue weighted by atomic mass is 32.1. The molecule has 0 spiro atoms. The molecule has 0 unspecified atom stereocenters. The minimum absolute atomic E-state index is 0.106. The zero-order chi connectivity index (χ0) is 16.7. The number of thiazole rings is 1. The molecule has 0 fully saturated rings. The molecule has 1 amide bonds. The number of aromatic nitrogens is 1. The molecule has 1 aliphatic heterocycles. The molecule has 1 N–H and O–H groups in total. The Kier molecular flexibility index (Phi) is 3.54. The fourth-order valence-corrected chi connectivity index (χ4v) is 3.66. The molecule has 0 bridgehead atoms. The van der Waals surface area contributed by atoms with Crippen LogP contribution in [0, 0.1) is 5.82 Å². The summed E-state index contributed by atoms with van der Waals surface area (Å²) in [6, 6.07) is 13.7. The Bertz CT molecular complexity index is 907. The van der Waals surface area contributed by atoms with Crippen LogP contribution in [0.3, 0.4) is 0 Å². The van der Waals surface area contributed by atoms with Gasteiger partial charge in [-0.3, -0.25) is 4.79 Å². The normalized spacial score (nSPS) is 16.7. The zero-order valence-corrected chi connectivity index (χ0v) is 13.7. The van der Waals surface area contributed by atoms with Crippen molar-refractivity contribution in [3.8, 4) is 10.6 Å². The summed E-state index contributed by atoms with van der Waals surface area (Å²) in [6.45, 7) is 0. The molecule has 2 heterocycles. The van der Waals surface area contributed by atoms with E-state index in [2.05, 4.69) is 10.3 Å². The number of nitrogens with one attached hydrogen (secondary N) is 1. The molecular weight excluding hydrogens is 325 g/mol. The Morgan fingerprint density at radius 2 is 1.92 bits per heavy atom. The average Bonchev–Trinajstić information content (AvgIpc) is 3.08. The van der Waals surface area contributed by atoms with E-state index in [0.29, 0.717) is 5.56 Å². The van der Waals surface area contributed by atoms with E-state index in [-0.39, 0.29) is 17.9 Å². The molecule has 0 saturated heterocycles. The number of fused-ring (bicyclic) bond motifs is 1. The van der Waals surface area contributed by atoms with Crippen molar-refractivity contribution >= 4 is 22.9 Å². The molecule has 0 saturated carbocycles. The smallest absolute Gasteiger partial charge is 0.255 e. The molecule has 0 radical (unpaired) electrons. The first-order chi connectivity index (χ1) is 11.6. The van der Waals surface area contributed by atoms with Crippen LogP contribution in [-0.4, -0.2) is 17.9 Å². The van der Waals surface area contributed by atoms with Crippen molar-refractivity contribution in [2.24, 2.45) is 0 Å². The molecule has 4 rings (SSSR count). The molecule has 1 aromatic heterocycles. The third-order valence-corrected chi connectivity index (χ3v) is 4.99. The van der Waals surface area contributed by atoms with Crippen LogP contribution in [0.15, 0.2) is 53.9 Å². The highest BCUT2D eigenvalue weighted by Crippen LogP contribution is 2.33. The van der Waals surface area contributed by atoms with Crippen molar-refractivity contribution in [1.29, 1.82) is 0 Å². The van der Waals surface area contributed by atoms with Gasteiger partial charge < -0.3 is 10.2 Å². The van der Waals surface area contributed by atoms with Gasteiger partial charge in [-0.25, -0.2) is 9.37 Å². The second-order valence-corrected chi connectivity index (χ2v) is 6.45. The van der Waals surface area contributed by atoms with E-state index in [1.165, 1.54) is 23.5 Å². The van der Waals surface area contributed by atoms with E-state index >= 15 is 0 Å². The number of hydrogen-bond acceptors (Lipinski definition) is 4. The molecule has 1 atom stereocenters. The molecular formula is C18H14FN3OS. The van der Waals surface area contributed by atoms with E-state index in [1.807, 2.05) is 41.6 Å².